The van der Waals surface area contributed by atoms with Crippen LogP contribution in [0.4, 0.5) is 9.80 Å². The maximum atomic E-state index is 11.4. The number of nitriles is 1. The summed E-state index contributed by atoms with van der Waals surface area (Å²) in [5.74, 6) is 0. The molecule has 1 aromatic rings. The lowest BCUT2D eigenvalue weighted by Crippen LogP contribution is -2.35. The van der Waals surface area contributed by atoms with Crippen LogP contribution in [0.1, 0.15) is 18.2 Å². The van der Waals surface area contributed by atoms with Crippen molar-refractivity contribution in [1.82, 2.24) is 5.32 Å². The average Bonchev–Trinajstić information content (AvgIpc) is 2.51. The Morgan fingerprint density at radius 1 is 1.67 bits per heavy atom. The summed E-state index contributed by atoms with van der Waals surface area (Å²) in [7, 11) is 0. The number of aryl methyl sites for hydroxylation is 1. The van der Waals surface area contributed by atoms with Crippen LogP contribution in [0.15, 0.2) is 12.1 Å². The third-order valence-electron chi connectivity index (χ3n) is 1.75. The zero-order valence-electron chi connectivity index (χ0n) is 8.70. The van der Waals surface area contributed by atoms with Gasteiger partial charge in [0.25, 0.3) is 0 Å². The maximum Gasteiger partial charge on any atom is 0.320 e. The van der Waals surface area contributed by atoms with Gasteiger partial charge in [-0.1, -0.05) is 0 Å². The molecule has 1 aromatic heterocycles. The summed E-state index contributed by atoms with van der Waals surface area (Å²) >= 11 is 1.52. The summed E-state index contributed by atoms with van der Waals surface area (Å²) in [5, 5.41) is 14.6. The maximum absolute atomic E-state index is 11.4. The van der Waals surface area contributed by atoms with Gasteiger partial charge >= 0.3 is 6.03 Å². The normalized spacial score (nSPS) is 11.5. The Labute approximate surface area is 92.9 Å². The van der Waals surface area contributed by atoms with Crippen LogP contribution >= 0.6 is 11.3 Å². The molecule has 0 unspecified atom stereocenters. The summed E-state index contributed by atoms with van der Waals surface area (Å²) in [5.41, 5.74) is 0. The molecule has 2 amide bonds. The molecule has 0 saturated carbocycles. The lowest BCUT2D eigenvalue weighted by molar-refractivity contribution is 0.249. The Hall–Kier alpha value is -1.54. The molecule has 1 heterocycles. The molecule has 80 valence electrons. The number of carbonyl (C=O) groups is 1. The SMILES string of the molecule is Cc1ccc(NC(=O)N[C@@H](C)CC#N)s1. The van der Waals surface area contributed by atoms with E-state index in [0.717, 1.165) is 9.88 Å². The molecule has 0 aliphatic carbocycles. The van der Waals surface area contributed by atoms with Gasteiger partial charge in [0, 0.05) is 10.9 Å². The highest BCUT2D eigenvalue weighted by molar-refractivity contribution is 7.16. The Morgan fingerprint density at radius 3 is 2.93 bits per heavy atom. The summed E-state index contributed by atoms with van der Waals surface area (Å²) < 4.78 is 0. The van der Waals surface area contributed by atoms with E-state index in [0.29, 0.717) is 6.42 Å². The zero-order chi connectivity index (χ0) is 11.3. The van der Waals surface area contributed by atoms with Gasteiger partial charge in [0.05, 0.1) is 17.5 Å². The number of amides is 2. The van der Waals surface area contributed by atoms with Gasteiger partial charge in [0.1, 0.15) is 0 Å². The van der Waals surface area contributed by atoms with Crippen LogP contribution in [0.2, 0.25) is 0 Å². The highest BCUT2D eigenvalue weighted by Gasteiger charge is 2.07. The third kappa shape index (κ3) is 4.00. The van der Waals surface area contributed by atoms with Crippen molar-refractivity contribution in [2.24, 2.45) is 0 Å². The van der Waals surface area contributed by atoms with E-state index in [9.17, 15) is 4.79 Å². The molecule has 15 heavy (non-hydrogen) atoms. The lowest BCUT2D eigenvalue weighted by Gasteiger charge is -2.10. The summed E-state index contributed by atoms with van der Waals surface area (Å²) in [6.07, 6.45) is 0.316. The van der Waals surface area contributed by atoms with Crippen molar-refractivity contribution in [3.05, 3.63) is 17.0 Å². The van der Waals surface area contributed by atoms with Crippen LogP contribution in [0.5, 0.6) is 0 Å². The number of hydrogen-bond acceptors (Lipinski definition) is 3. The second-order valence-corrected chi connectivity index (χ2v) is 4.56. The van der Waals surface area contributed by atoms with Crippen molar-refractivity contribution in [3.63, 3.8) is 0 Å². The Balaban J connectivity index is 2.40. The van der Waals surface area contributed by atoms with E-state index >= 15 is 0 Å². The molecule has 4 nitrogen and oxygen atoms in total. The highest BCUT2D eigenvalue weighted by atomic mass is 32.1. The van der Waals surface area contributed by atoms with Crippen LogP contribution in [0, 0.1) is 18.3 Å². The monoisotopic (exact) mass is 223 g/mol. The predicted molar refractivity (Wildman–Crippen MR) is 60.9 cm³/mol. The van der Waals surface area contributed by atoms with Crippen LogP contribution in [-0.2, 0) is 0 Å². The molecule has 0 radical (unpaired) electrons. The zero-order valence-corrected chi connectivity index (χ0v) is 9.52. The second kappa shape index (κ2) is 5.37. The number of nitrogens with zero attached hydrogens (tertiary/aromatic N) is 1. The van der Waals surface area contributed by atoms with Crippen LogP contribution in [0.3, 0.4) is 0 Å². The molecule has 0 saturated heterocycles. The quantitative estimate of drug-likeness (QED) is 0.826. The molecule has 1 rings (SSSR count). The van der Waals surface area contributed by atoms with Gasteiger partial charge in [0.15, 0.2) is 0 Å². The van der Waals surface area contributed by atoms with Crippen LogP contribution in [0.25, 0.3) is 0 Å². The fourth-order valence-electron chi connectivity index (χ4n) is 1.06. The number of anilines is 1. The van der Waals surface area contributed by atoms with E-state index in [1.54, 1.807) is 6.92 Å². The topological polar surface area (TPSA) is 64.9 Å². The van der Waals surface area contributed by atoms with Gasteiger partial charge in [-0.2, -0.15) is 5.26 Å². The molecule has 0 aromatic carbocycles. The molecule has 1 atom stereocenters. The Kier molecular flexibility index (Phi) is 4.13. The van der Waals surface area contributed by atoms with Crippen LogP contribution < -0.4 is 10.6 Å². The summed E-state index contributed by atoms with van der Waals surface area (Å²) in [6.45, 7) is 3.77. The average molecular weight is 223 g/mol. The first-order valence-corrected chi connectivity index (χ1v) is 5.44. The van der Waals surface area contributed by atoms with E-state index in [2.05, 4.69) is 10.6 Å². The standard InChI is InChI=1S/C10H13N3OS/c1-7(5-6-11)12-10(14)13-9-4-3-8(2)15-9/h3-4,7H,5H2,1-2H3,(H2,12,13,14)/t7-/m0/s1. The number of nitrogens with one attached hydrogen (secondary N) is 2. The minimum atomic E-state index is -0.264. The van der Waals surface area contributed by atoms with Crippen LogP contribution in [-0.4, -0.2) is 12.1 Å². The molecule has 2 N–H and O–H groups in total. The van der Waals surface area contributed by atoms with Gasteiger partial charge in [0.2, 0.25) is 0 Å². The van der Waals surface area contributed by atoms with E-state index in [1.807, 2.05) is 25.1 Å². The predicted octanol–water partition coefficient (Wildman–Crippen LogP) is 2.48. The van der Waals surface area contributed by atoms with Gasteiger partial charge in [-0.05, 0) is 26.0 Å². The van der Waals surface area contributed by atoms with E-state index in [-0.39, 0.29) is 12.1 Å². The van der Waals surface area contributed by atoms with Gasteiger partial charge in [-0.25, -0.2) is 4.79 Å². The van der Waals surface area contributed by atoms with Gasteiger partial charge in [-0.3, -0.25) is 5.32 Å². The van der Waals surface area contributed by atoms with E-state index < -0.39 is 0 Å². The minimum Gasteiger partial charge on any atom is -0.334 e. The first kappa shape index (κ1) is 11.5. The first-order chi connectivity index (χ1) is 7.11. The van der Waals surface area contributed by atoms with Crippen molar-refractivity contribution in [1.29, 1.82) is 5.26 Å². The molecule has 0 bridgehead atoms. The molecule has 0 fully saturated rings. The van der Waals surface area contributed by atoms with Gasteiger partial charge < -0.3 is 5.32 Å². The molecular formula is C10H13N3OS. The number of hydrogen-bond donors (Lipinski definition) is 2. The molecule has 0 aliphatic rings. The number of rotatable bonds is 3. The fraction of sp³-hybridized carbons (Fsp3) is 0.400. The van der Waals surface area contributed by atoms with E-state index in [1.165, 1.54) is 11.3 Å². The van der Waals surface area contributed by atoms with Crippen molar-refractivity contribution < 1.29 is 4.79 Å². The number of carbonyl (C=O) groups excluding carboxylic acids is 1. The van der Waals surface area contributed by atoms with Crippen molar-refractivity contribution in [3.8, 4) is 6.07 Å². The lowest BCUT2D eigenvalue weighted by atomic mass is 10.3. The first-order valence-electron chi connectivity index (χ1n) is 4.62. The number of urea groups is 1. The van der Waals surface area contributed by atoms with Crippen molar-refractivity contribution in [2.75, 3.05) is 5.32 Å². The minimum absolute atomic E-state index is 0.129. The Bertz CT molecular complexity index is 380. The summed E-state index contributed by atoms with van der Waals surface area (Å²) in [4.78, 5) is 12.5. The van der Waals surface area contributed by atoms with Crippen molar-refractivity contribution >= 4 is 22.4 Å². The molecule has 0 aliphatic heterocycles. The smallest absolute Gasteiger partial charge is 0.320 e. The highest BCUT2D eigenvalue weighted by Crippen LogP contribution is 2.20. The number of thiophene rings is 1. The largest absolute Gasteiger partial charge is 0.334 e. The Morgan fingerprint density at radius 2 is 2.40 bits per heavy atom. The fourth-order valence-corrected chi connectivity index (χ4v) is 1.82. The molecular weight excluding hydrogens is 210 g/mol. The van der Waals surface area contributed by atoms with Gasteiger partial charge in [-0.15, -0.1) is 11.3 Å². The second-order valence-electron chi connectivity index (χ2n) is 3.27. The summed E-state index contributed by atoms with van der Waals surface area (Å²) in [6, 6.07) is 5.41. The molecule has 0 spiro atoms. The third-order valence-corrected chi connectivity index (χ3v) is 2.67. The molecule has 5 heteroatoms. The van der Waals surface area contributed by atoms with Crippen molar-refractivity contribution in [2.45, 2.75) is 26.3 Å². The van der Waals surface area contributed by atoms with E-state index in [4.69, 9.17) is 5.26 Å².